The molecule has 0 unspecified atom stereocenters. The maximum Gasteiger partial charge on any atom is 0.335 e. The highest BCUT2D eigenvalue weighted by atomic mass is 79.9. The van der Waals surface area contributed by atoms with Crippen LogP contribution in [0.3, 0.4) is 0 Å². The molecule has 4 aliphatic rings. The number of hydrogen-bond acceptors (Lipinski definition) is 5. The van der Waals surface area contributed by atoms with Crippen LogP contribution in [0.15, 0.2) is 37.4 Å². The molecule has 1 heterocycles. The summed E-state index contributed by atoms with van der Waals surface area (Å²) in [4.78, 5) is 39.9. The predicted molar refractivity (Wildman–Crippen MR) is 123 cm³/mol. The standard InChI is InChI=1S/C23H25BrN4O4/c1-12-4-16(2-3-18(12)24)28-20(30)17(19(29)26-22(28)32)11-25-27-21(31)23-8-13-5-14(9-23)7-15(6-13)10-23/h2-4,11,13-15,30H,5-10H2,1H3,(H,27,31)(H,26,29,32). The molecule has 9 heteroatoms. The summed E-state index contributed by atoms with van der Waals surface area (Å²) in [6, 6.07) is 5.10. The van der Waals surface area contributed by atoms with Crippen LogP contribution in [0.1, 0.15) is 49.7 Å². The first-order valence-electron chi connectivity index (χ1n) is 10.9. The molecule has 32 heavy (non-hydrogen) atoms. The van der Waals surface area contributed by atoms with E-state index in [1.165, 1.54) is 19.3 Å². The number of hydrazone groups is 1. The van der Waals surface area contributed by atoms with E-state index in [0.717, 1.165) is 40.1 Å². The molecule has 4 aliphatic carbocycles. The topological polar surface area (TPSA) is 117 Å². The maximum absolute atomic E-state index is 13.0. The molecule has 3 N–H and O–H groups in total. The molecular weight excluding hydrogens is 476 g/mol. The maximum atomic E-state index is 13.0. The number of aromatic amines is 1. The second-order valence-electron chi connectivity index (χ2n) is 9.66. The fourth-order valence-corrected chi connectivity index (χ4v) is 6.57. The third kappa shape index (κ3) is 3.52. The molecule has 0 saturated heterocycles. The zero-order valence-corrected chi connectivity index (χ0v) is 19.3. The molecule has 1 aromatic carbocycles. The Bertz CT molecular complexity index is 1210. The van der Waals surface area contributed by atoms with Gasteiger partial charge in [0, 0.05) is 4.47 Å². The van der Waals surface area contributed by atoms with Crippen LogP contribution in [0.2, 0.25) is 0 Å². The smallest absolute Gasteiger partial charge is 0.335 e. The first kappa shape index (κ1) is 21.2. The molecule has 0 spiro atoms. The summed E-state index contributed by atoms with van der Waals surface area (Å²) >= 11 is 3.40. The lowest BCUT2D eigenvalue weighted by Gasteiger charge is -2.55. The minimum Gasteiger partial charge on any atom is -0.493 e. The van der Waals surface area contributed by atoms with Crippen LogP contribution in [-0.4, -0.2) is 26.8 Å². The van der Waals surface area contributed by atoms with Gasteiger partial charge in [-0.15, -0.1) is 0 Å². The van der Waals surface area contributed by atoms with Crippen LogP contribution >= 0.6 is 15.9 Å². The number of halogens is 1. The van der Waals surface area contributed by atoms with Gasteiger partial charge in [-0.05, 0) is 87.0 Å². The van der Waals surface area contributed by atoms with E-state index in [1.54, 1.807) is 18.2 Å². The highest BCUT2D eigenvalue weighted by molar-refractivity contribution is 9.10. The summed E-state index contributed by atoms with van der Waals surface area (Å²) in [5.41, 5.74) is 1.77. The van der Waals surface area contributed by atoms with Gasteiger partial charge < -0.3 is 5.11 Å². The summed E-state index contributed by atoms with van der Waals surface area (Å²) in [6.45, 7) is 1.85. The normalized spacial score (nSPS) is 28.4. The Balaban J connectivity index is 1.41. The third-order valence-corrected chi connectivity index (χ3v) is 8.29. The molecule has 1 aromatic heterocycles. The fourth-order valence-electron chi connectivity index (χ4n) is 6.33. The van der Waals surface area contributed by atoms with Crippen molar-refractivity contribution in [2.45, 2.75) is 45.4 Å². The van der Waals surface area contributed by atoms with Gasteiger partial charge in [0.1, 0.15) is 5.56 Å². The molecule has 2 aromatic rings. The van der Waals surface area contributed by atoms with E-state index in [0.29, 0.717) is 23.4 Å². The second-order valence-corrected chi connectivity index (χ2v) is 10.5. The van der Waals surface area contributed by atoms with E-state index in [9.17, 15) is 19.5 Å². The number of aromatic nitrogens is 2. The van der Waals surface area contributed by atoms with Crippen LogP contribution in [0, 0.1) is 30.1 Å². The fraction of sp³-hybridized carbons (Fsp3) is 0.478. The van der Waals surface area contributed by atoms with E-state index in [4.69, 9.17) is 0 Å². The van der Waals surface area contributed by atoms with Crippen molar-refractivity contribution in [1.82, 2.24) is 15.0 Å². The number of nitrogens with one attached hydrogen (secondary N) is 2. The van der Waals surface area contributed by atoms with Crippen LogP contribution in [-0.2, 0) is 4.79 Å². The van der Waals surface area contributed by atoms with E-state index < -0.39 is 17.1 Å². The van der Waals surface area contributed by atoms with E-state index >= 15 is 0 Å². The molecule has 4 bridgehead atoms. The monoisotopic (exact) mass is 500 g/mol. The zero-order chi connectivity index (χ0) is 22.6. The number of rotatable bonds is 4. The van der Waals surface area contributed by atoms with Crippen molar-refractivity contribution in [3.8, 4) is 11.6 Å². The summed E-state index contributed by atoms with van der Waals surface area (Å²) < 4.78 is 1.86. The number of aryl methyl sites for hydroxylation is 1. The molecule has 8 nitrogen and oxygen atoms in total. The average molecular weight is 501 g/mol. The van der Waals surface area contributed by atoms with Gasteiger partial charge in [0.25, 0.3) is 5.56 Å². The number of H-pyrrole nitrogens is 1. The van der Waals surface area contributed by atoms with E-state index in [2.05, 4.69) is 31.4 Å². The number of amides is 1. The summed E-state index contributed by atoms with van der Waals surface area (Å²) in [5, 5.41) is 14.7. The summed E-state index contributed by atoms with van der Waals surface area (Å²) in [7, 11) is 0. The van der Waals surface area contributed by atoms with Crippen molar-refractivity contribution in [3.05, 3.63) is 54.6 Å². The first-order chi connectivity index (χ1) is 15.3. The minimum atomic E-state index is -0.773. The lowest BCUT2D eigenvalue weighted by Crippen LogP contribution is -2.52. The molecule has 1 amide bonds. The van der Waals surface area contributed by atoms with Gasteiger partial charge in [-0.1, -0.05) is 15.9 Å². The molecule has 0 atom stereocenters. The van der Waals surface area contributed by atoms with Gasteiger partial charge in [0.2, 0.25) is 11.8 Å². The van der Waals surface area contributed by atoms with Gasteiger partial charge >= 0.3 is 5.69 Å². The number of benzene rings is 1. The Morgan fingerprint density at radius 2 is 1.84 bits per heavy atom. The molecular formula is C23H25BrN4O4. The van der Waals surface area contributed by atoms with Gasteiger partial charge in [-0.2, -0.15) is 5.10 Å². The summed E-state index contributed by atoms with van der Waals surface area (Å²) in [6.07, 6.45) is 7.51. The van der Waals surface area contributed by atoms with Crippen molar-refractivity contribution < 1.29 is 9.90 Å². The van der Waals surface area contributed by atoms with Crippen molar-refractivity contribution in [3.63, 3.8) is 0 Å². The van der Waals surface area contributed by atoms with Crippen LogP contribution < -0.4 is 16.7 Å². The number of hydrogen-bond donors (Lipinski definition) is 3. The molecule has 0 aliphatic heterocycles. The van der Waals surface area contributed by atoms with Crippen molar-refractivity contribution >= 4 is 28.1 Å². The average Bonchev–Trinajstić information content (AvgIpc) is 2.71. The number of carbonyl (C=O) groups is 1. The van der Waals surface area contributed by atoms with E-state index in [-0.39, 0.29) is 16.9 Å². The largest absolute Gasteiger partial charge is 0.493 e. The zero-order valence-electron chi connectivity index (χ0n) is 17.7. The van der Waals surface area contributed by atoms with Gasteiger partial charge in [0.05, 0.1) is 17.3 Å². The SMILES string of the molecule is Cc1cc(-n2c(O)c(C=NNC(=O)C34CC5CC(CC(C5)C3)C4)c(=O)[nH]c2=O)ccc1Br. The van der Waals surface area contributed by atoms with Crippen LogP contribution in [0.25, 0.3) is 5.69 Å². The number of nitrogens with zero attached hydrogens (tertiary/aromatic N) is 2. The summed E-state index contributed by atoms with van der Waals surface area (Å²) in [5.74, 6) is 1.23. The quantitative estimate of drug-likeness (QED) is 0.441. The second kappa shape index (κ2) is 7.72. The molecule has 4 fully saturated rings. The molecule has 168 valence electrons. The lowest BCUT2D eigenvalue weighted by molar-refractivity contribution is -0.146. The van der Waals surface area contributed by atoms with Gasteiger partial charge in [-0.25, -0.2) is 14.8 Å². The van der Waals surface area contributed by atoms with Gasteiger partial charge in [-0.3, -0.25) is 14.6 Å². The Kier molecular flexibility index (Phi) is 5.11. The van der Waals surface area contributed by atoms with Crippen LogP contribution in [0.5, 0.6) is 5.88 Å². The third-order valence-electron chi connectivity index (χ3n) is 7.40. The van der Waals surface area contributed by atoms with E-state index in [1.807, 2.05) is 6.92 Å². The minimum absolute atomic E-state index is 0.111. The molecule has 0 radical (unpaired) electrons. The van der Waals surface area contributed by atoms with Crippen molar-refractivity contribution in [2.24, 2.45) is 28.3 Å². The lowest BCUT2D eigenvalue weighted by atomic mass is 9.49. The Morgan fingerprint density at radius 3 is 2.44 bits per heavy atom. The molecule has 4 saturated carbocycles. The predicted octanol–water partition coefficient (Wildman–Crippen LogP) is 2.97. The Morgan fingerprint density at radius 1 is 1.22 bits per heavy atom. The van der Waals surface area contributed by atoms with Gasteiger partial charge in [0.15, 0.2) is 0 Å². The highest BCUT2D eigenvalue weighted by Gasteiger charge is 2.54. The number of aromatic hydroxyl groups is 1. The first-order valence-corrected chi connectivity index (χ1v) is 11.7. The van der Waals surface area contributed by atoms with Crippen molar-refractivity contribution in [2.75, 3.05) is 0 Å². The van der Waals surface area contributed by atoms with Crippen LogP contribution in [0.4, 0.5) is 0 Å². The van der Waals surface area contributed by atoms with Crippen molar-refractivity contribution in [1.29, 1.82) is 0 Å². The Hall–Kier alpha value is -2.68. The number of carbonyl (C=O) groups excluding carboxylic acids is 1. The molecule has 6 rings (SSSR count). The Labute approximate surface area is 192 Å². The highest BCUT2D eigenvalue weighted by Crippen LogP contribution is 2.60.